The Kier molecular flexibility index (Phi) is 3.78. The summed E-state index contributed by atoms with van der Waals surface area (Å²) in [6.45, 7) is 0.181. The minimum Gasteiger partial charge on any atom is -0.467 e. The molecule has 12 heteroatoms. The van der Waals surface area contributed by atoms with E-state index in [0.29, 0.717) is 7.11 Å². The van der Waals surface area contributed by atoms with Gasteiger partial charge in [-0.3, -0.25) is 0 Å². The summed E-state index contributed by atoms with van der Waals surface area (Å²) < 4.78 is 123. The Bertz CT molecular complexity index is 460. The van der Waals surface area contributed by atoms with E-state index in [0.717, 1.165) is 0 Å². The Morgan fingerprint density at radius 1 is 0.909 bits per heavy atom. The third kappa shape index (κ3) is 1.78. The van der Waals surface area contributed by atoms with Gasteiger partial charge in [0.15, 0.2) is 5.60 Å². The number of alkyl halides is 9. The van der Waals surface area contributed by atoms with Crippen LogP contribution in [0.2, 0.25) is 0 Å². The fourth-order valence-electron chi connectivity index (χ4n) is 2.08. The highest BCUT2D eigenvalue weighted by Gasteiger charge is 3.00. The molecule has 1 N–H and O–H groups in total. The zero-order valence-electron chi connectivity index (χ0n) is 10.9. The smallest absolute Gasteiger partial charge is 0.381 e. The van der Waals surface area contributed by atoms with Crippen LogP contribution in [0.4, 0.5) is 39.5 Å². The van der Waals surface area contributed by atoms with E-state index in [9.17, 15) is 49.4 Å². The van der Waals surface area contributed by atoms with E-state index in [-0.39, 0.29) is 6.92 Å². The number of halogens is 9. The number of hydrogen-bond donors (Lipinski definition) is 1. The first kappa shape index (κ1) is 18.8. The molecule has 0 aromatic rings. The van der Waals surface area contributed by atoms with Gasteiger partial charge in [-0.1, -0.05) is 0 Å². The standard InChI is InChI=1S/C10H9F9O3/c1-5(21,4(20)22-2)3-6(11)7(12,13)9(16,17)10(18,19)8(6,14)15/h21H,3H2,1-2H3. The molecule has 0 aliphatic heterocycles. The second-order valence-corrected chi connectivity index (χ2v) is 5.04. The minimum absolute atomic E-state index is 0.181. The van der Waals surface area contributed by atoms with Crippen LogP contribution in [0.3, 0.4) is 0 Å². The van der Waals surface area contributed by atoms with Crippen LogP contribution < -0.4 is 0 Å². The Balaban J connectivity index is 3.53. The Labute approximate surface area is 117 Å². The molecule has 0 bridgehead atoms. The summed E-state index contributed by atoms with van der Waals surface area (Å²) in [6, 6.07) is 0. The third-order valence-corrected chi connectivity index (χ3v) is 3.39. The first-order valence-electron chi connectivity index (χ1n) is 5.45. The van der Waals surface area contributed by atoms with Gasteiger partial charge in [0.25, 0.3) is 5.67 Å². The quantitative estimate of drug-likeness (QED) is 0.630. The van der Waals surface area contributed by atoms with Crippen LogP contribution in [-0.4, -0.2) is 53.1 Å². The van der Waals surface area contributed by atoms with E-state index in [1.807, 2.05) is 0 Å². The topological polar surface area (TPSA) is 46.5 Å². The summed E-state index contributed by atoms with van der Waals surface area (Å²) in [5, 5.41) is 9.34. The van der Waals surface area contributed by atoms with E-state index in [1.165, 1.54) is 0 Å². The van der Waals surface area contributed by atoms with Crippen molar-refractivity contribution in [2.24, 2.45) is 0 Å². The van der Waals surface area contributed by atoms with Gasteiger partial charge in [-0.05, 0) is 6.92 Å². The van der Waals surface area contributed by atoms with Gasteiger partial charge in [-0.2, -0.15) is 35.1 Å². The molecule has 1 unspecified atom stereocenters. The predicted molar refractivity (Wildman–Crippen MR) is 50.9 cm³/mol. The number of aliphatic hydroxyl groups is 1. The van der Waals surface area contributed by atoms with E-state index in [2.05, 4.69) is 4.74 Å². The SMILES string of the molecule is COC(=O)C(C)(O)CC1(F)C(F)(F)C(F)(F)C(F)(F)C1(F)F. The first-order valence-corrected chi connectivity index (χ1v) is 5.45. The fourth-order valence-corrected chi connectivity index (χ4v) is 2.08. The van der Waals surface area contributed by atoms with Crippen molar-refractivity contribution in [3.05, 3.63) is 0 Å². The van der Waals surface area contributed by atoms with Gasteiger partial charge in [0.05, 0.1) is 7.11 Å². The summed E-state index contributed by atoms with van der Waals surface area (Å²) in [4.78, 5) is 11.0. The van der Waals surface area contributed by atoms with Gasteiger partial charge in [0, 0.05) is 6.42 Å². The largest absolute Gasteiger partial charge is 0.467 e. The molecule has 130 valence electrons. The van der Waals surface area contributed by atoms with Crippen LogP contribution in [0, 0.1) is 0 Å². The zero-order chi connectivity index (χ0) is 18.0. The van der Waals surface area contributed by atoms with E-state index in [1.54, 1.807) is 0 Å². The molecule has 1 saturated carbocycles. The number of methoxy groups -OCH3 is 1. The molecule has 0 aromatic heterocycles. The number of carbonyl (C=O) groups excluding carboxylic acids is 1. The van der Waals surface area contributed by atoms with Crippen molar-refractivity contribution in [1.29, 1.82) is 0 Å². The molecular weight excluding hydrogens is 339 g/mol. The predicted octanol–water partition coefficient (Wildman–Crippen LogP) is 2.56. The van der Waals surface area contributed by atoms with Crippen LogP contribution >= 0.6 is 0 Å². The van der Waals surface area contributed by atoms with Gasteiger partial charge < -0.3 is 9.84 Å². The molecule has 0 heterocycles. The Hall–Kier alpha value is -1.20. The van der Waals surface area contributed by atoms with E-state index < -0.39 is 47.4 Å². The average Bonchev–Trinajstić information content (AvgIpc) is 2.39. The van der Waals surface area contributed by atoms with Crippen molar-refractivity contribution in [1.82, 2.24) is 0 Å². The lowest BCUT2D eigenvalue weighted by atomic mass is 9.84. The highest BCUT2D eigenvalue weighted by Crippen LogP contribution is 2.70. The fraction of sp³-hybridized carbons (Fsp3) is 0.900. The molecule has 1 aliphatic carbocycles. The van der Waals surface area contributed by atoms with E-state index in [4.69, 9.17) is 0 Å². The first-order chi connectivity index (χ1) is 9.44. The van der Waals surface area contributed by atoms with Crippen LogP contribution in [-0.2, 0) is 9.53 Å². The average molecular weight is 348 g/mol. The molecule has 0 amide bonds. The summed E-state index contributed by atoms with van der Waals surface area (Å²) in [7, 11) is 0.538. The van der Waals surface area contributed by atoms with Gasteiger partial charge >= 0.3 is 29.7 Å². The molecule has 1 aliphatic rings. The molecule has 3 nitrogen and oxygen atoms in total. The normalized spacial score (nSPS) is 29.6. The number of carbonyl (C=O) groups is 1. The lowest BCUT2D eigenvalue weighted by molar-refractivity contribution is -0.303. The highest BCUT2D eigenvalue weighted by atomic mass is 19.4. The molecule has 0 saturated heterocycles. The second kappa shape index (κ2) is 4.42. The summed E-state index contributed by atoms with van der Waals surface area (Å²) in [5.74, 6) is -28.6. The summed E-state index contributed by atoms with van der Waals surface area (Å²) in [5.41, 5.74) is -9.38. The van der Waals surface area contributed by atoms with Crippen LogP contribution in [0.1, 0.15) is 13.3 Å². The number of rotatable bonds is 3. The maximum absolute atomic E-state index is 14.0. The Morgan fingerprint density at radius 3 is 1.50 bits per heavy atom. The minimum atomic E-state index is -6.75. The van der Waals surface area contributed by atoms with Gasteiger partial charge in [0.2, 0.25) is 0 Å². The number of esters is 1. The maximum atomic E-state index is 14.0. The molecule has 1 fully saturated rings. The molecular formula is C10H9F9O3. The second-order valence-electron chi connectivity index (χ2n) is 5.04. The number of ether oxygens (including phenoxy) is 1. The van der Waals surface area contributed by atoms with Crippen molar-refractivity contribution in [3.8, 4) is 0 Å². The van der Waals surface area contributed by atoms with Crippen molar-refractivity contribution in [2.75, 3.05) is 7.11 Å². The van der Waals surface area contributed by atoms with Crippen molar-refractivity contribution in [2.45, 2.75) is 48.3 Å². The van der Waals surface area contributed by atoms with Gasteiger partial charge in [0.1, 0.15) is 0 Å². The van der Waals surface area contributed by atoms with Crippen molar-refractivity contribution in [3.63, 3.8) is 0 Å². The molecule has 1 rings (SSSR count). The van der Waals surface area contributed by atoms with Crippen LogP contribution in [0.25, 0.3) is 0 Å². The van der Waals surface area contributed by atoms with Crippen LogP contribution in [0.15, 0.2) is 0 Å². The van der Waals surface area contributed by atoms with Crippen molar-refractivity contribution >= 4 is 5.97 Å². The van der Waals surface area contributed by atoms with Crippen molar-refractivity contribution < 1.29 is 54.2 Å². The monoisotopic (exact) mass is 348 g/mol. The molecule has 1 atom stereocenters. The molecule has 0 aromatic carbocycles. The molecule has 22 heavy (non-hydrogen) atoms. The zero-order valence-corrected chi connectivity index (χ0v) is 10.9. The third-order valence-electron chi connectivity index (χ3n) is 3.39. The van der Waals surface area contributed by atoms with Crippen LogP contribution in [0.5, 0.6) is 0 Å². The summed E-state index contributed by atoms with van der Waals surface area (Å²) >= 11 is 0. The lowest BCUT2D eigenvalue weighted by Gasteiger charge is -2.35. The van der Waals surface area contributed by atoms with Gasteiger partial charge in [-0.25, -0.2) is 9.18 Å². The Morgan fingerprint density at radius 2 is 1.23 bits per heavy atom. The number of hydrogen-bond acceptors (Lipinski definition) is 3. The molecule has 0 spiro atoms. The maximum Gasteiger partial charge on any atom is 0.381 e. The van der Waals surface area contributed by atoms with Gasteiger partial charge in [-0.15, -0.1) is 0 Å². The highest BCUT2D eigenvalue weighted by molar-refractivity contribution is 5.78. The lowest BCUT2D eigenvalue weighted by Crippen LogP contribution is -2.59. The molecule has 0 radical (unpaired) electrons. The van der Waals surface area contributed by atoms with E-state index >= 15 is 0 Å². The summed E-state index contributed by atoms with van der Waals surface area (Å²) in [6.07, 6.45) is -2.74.